The van der Waals surface area contributed by atoms with Crippen LogP contribution in [0.1, 0.15) is 16.1 Å². The van der Waals surface area contributed by atoms with Crippen molar-refractivity contribution < 1.29 is 4.79 Å². The lowest BCUT2D eigenvalue weighted by atomic mass is 10.3. The fourth-order valence-corrected chi connectivity index (χ4v) is 3.21. The standard InChI is InChI=1S/C16H14N6OS/c1-10-12(9-18-21(10)2)20-16(23)11-8-19-22-13(5-6-17-15(11)22)14-4-3-7-24-14/h3-9H,1-2H3,(H,20,23). The maximum Gasteiger partial charge on any atom is 0.261 e. The average Bonchev–Trinajstić information content (AvgIpc) is 3.31. The first-order chi connectivity index (χ1) is 11.6. The van der Waals surface area contributed by atoms with Crippen LogP contribution in [0.5, 0.6) is 0 Å². The van der Waals surface area contributed by atoms with Gasteiger partial charge in [-0.15, -0.1) is 11.3 Å². The fraction of sp³-hybridized carbons (Fsp3) is 0.125. The van der Waals surface area contributed by atoms with Crippen molar-refractivity contribution in [1.29, 1.82) is 0 Å². The van der Waals surface area contributed by atoms with E-state index in [1.54, 1.807) is 39.1 Å². The molecule has 0 aliphatic carbocycles. The van der Waals surface area contributed by atoms with Crippen LogP contribution in [0.25, 0.3) is 16.2 Å². The van der Waals surface area contributed by atoms with Gasteiger partial charge in [0.25, 0.3) is 5.91 Å². The number of aromatic nitrogens is 5. The van der Waals surface area contributed by atoms with Gasteiger partial charge in [-0.25, -0.2) is 9.50 Å². The zero-order valence-electron chi connectivity index (χ0n) is 13.1. The summed E-state index contributed by atoms with van der Waals surface area (Å²) in [6.07, 6.45) is 4.86. The number of rotatable bonds is 3. The molecule has 1 amide bonds. The first-order valence-electron chi connectivity index (χ1n) is 7.31. The molecule has 0 spiro atoms. The molecule has 0 unspecified atom stereocenters. The van der Waals surface area contributed by atoms with Gasteiger partial charge >= 0.3 is 0 Å². The molecule has 4 aromatic rings. The van der Waals surface area contributed by atoms with E-state index in [9.17, 15) is 4.79 Å². The van der Waals surface area contributed by atoms with E-state index >= 15 is 0 Å². The summed E-state index contributed by atoms with van der Waals surface area (Å²) in [6, 6.07) is 5.88. The van der Waals surface area contributed by atoms with Gasteiger partial charge in [-0.2, -0.15) is 10.2 Å². The van der Waals surface area contributed by atoms with Gasteiger partial charge in [0.2, 0.25) is 0 Å². The molecular formula is C16H14N6OS. The van der Waals surface area contributed by atoms with Gasteiger partial charge in [-0.05, 0) is 24.4 Å². The maximum atomic E-state index is 12.6. The van der Waals surface area contributed by atoms with Gasteiger partial charge in [0.1, 0.15) is 5.56 Å². The molecule has 24 heavy (non-hydrogen) atoms. The number of amides is 1. The Labute approximate surface area is 141 Å². The lowest BCUT2D eigenvalue weighted by Crippen LogP contribution is -2.12. The summed E-state index contributed by atoms with van der Waals surface area (Å²) < 4.78 is 3.40. The molecule has 8 heteroatoms. The molecule has 0 saturated heterocycles. The molecule has 0 aliphatic rings. The molecule has 0 bridgehead atoms. The number of anilines is 1. The second kappa shape index (κ2) is 5.57. The average molecular weight is 338 g/mol. The molecule has 0 atom stereocenters. The van der Waals surface area contributed by atoms with Crippen molar-refractivity contribution >= 4 is 28.6 Å². The monoisotopic (exact) mass is 338 g/mol. The van der Waals surface area contributed by atoms with Crippen LogP contribution in [0.4, 0.5) is 5.69 Å². The van der Waals surface area contributed by atoms with Crippen molar-refractivity contribution in [3.05, 3.63) is 53.4 Å². The number of hydrogen-bond acceptors (Lipinski definition) is 5. The van der Waals surface area contributed by atoms with E-state index in [0.29, 0.717) is 16.9 Å². The summed E-state index contributed by atoms with van der Waals surface area (Å²) in [5.74, 6) is -0.253. The van der Waals surface area contributed by atoms with E-state index in [2.05, 4.69) is 20.5 Å². The number of hydrogen-bond donors (Lipinski definition) is 1. The lowest BCUT2D eigenvalue weighted by molar-refractivity contribution is 0.102. The Morgan fingerprint density at radius 3 is 2.83 bits per heavy atom. The smallest absolute Gasteiger partial charge is 0.261 e. The van der Waals surface area contributed by atoms with Crippen LogP contribution in [-0.2, 0) is 7.05 Å². The summed E-state index contributed by atoms with van der Waals surface area (Å²) in [5, 5.41) is 13.3. The van der Waals surface area contributed by atoms with E-state index in [0.717, 1.165) is 16.3 Å². The molecule has 0 radical (unpaired) electrons. The predicted octanol–water partition coefficient (Wildman–Crippen LogP) is 2.75. The number of thiophene rings is 1. The van der Waals surface area contributed by atoms with Crippen LogP contribution >= 0.6 is 11.3 Å². The number of carbonyl (C=O) groups excluding carboxylic acids is 1. The molecule has 7 nitrogen and oxygen atoms in total. The normalized spacial score (nSPS) is 11.1. The quantitative estimate of drug-likeness (QED) is 0.623. The van der Waals surface area contributed by atoms with Crippen LogP contribution in [-0.4, -0.2) is 30.3 Å². The van der Waals surface area contributed by atoms with Crippen LogP contribution < -0.4 is 5.32 Å². The highest BCUT2D eigenvalue weighted by Crippen LogP contribution is 2.25. The van der Waals surface area contributed by atoms with Crippen molar-refractivity contribution in [2.75, 3.05) is 5.32 Å². The molecule has 0 aromatic carbocycles. The molecule has 0 aliphatic heterocycles. The van der Waals surface area contributed by atoms with E-state index in [4.69, 9.17) is 0 Å². The molecule has 4 heterocycles. The minimum absolute atomic E-state index is 0.253. The highest BCUT2D eigenvalue weighted by Gasteiger charge is 2.18. The minimum Gasteiger partial charge on any atom is -0.319 e. The van der Waals surface area contributed by atoms with Crippen molar-refractivity contribution in [1.82, 2.24) is 24.4 Å². The second-order valence-electron chi connectivity index (χ2n) is 5.32. The molecular weight excluding hydrogens is 324 g/mol. The highest BCUT2D eigenvalue weighted by atomic mass is 32.1. The summed E-state index contributed by atoms with van der Waals surface area (Å²) in [4.78, 5) is 18.0. The summed E-state index contributed by atoms with van der Waals surface area (Å²) >= 11 is 1.62. The molecule has 0 fully saturated rings. The van der Waals surface area contributed by atoms with E-state index < -0.39 is 0 Å². The van der Waals surface area contributed by atoms with Crippen molar-refractivity contribution in [2.24, 2.45) is 7.05 Å². The number of fused-ring (bicyclic) bond motifs is 1. The van der Waals surface area contributed by atoms with Gasteiger partial charge in [0.15, 0.2) is 5.65 Å². The number of carbonyl (C=O) groups is 1. The van der Waals surface area contributed by atoms with E-state index in [-0.39, 0.29) is 5.91 Å². The lowest BCUT2D eigenvalue weighted by Gasteiger charge is -2.04. The first kappa shape index (κ1) is 14.6. The van der Waals surface area contributed by atoms with Crippen molar-refractivity contribution in [3.63, 3.8) is 0 Å². The number of aryl methyl sites for hydroxylation is 1. The highest BCUT2D eigenvalue weighted by molar-refractivity contribution is 7.13. The van der Waals surface area contributed by atoms with E-state index in [1.165, 1.54) is 0 Å². The summed E-state index contributed by atoms with van der Waals surface area (Å²) in [7, 11) is 1.83. The zero-order chi connectivity index (χ0) is 16.7. The number of nitrogens with one attached hydrogen (secondary N) is 1. The fourth-order valence-electron chi connectivity index (χ4n) is 2.47. The third-order valence-corrected chi connectivity index (χ3v) is 4.80. The predicted molar refractivity (Wildman–Crippen MR) is 92.2 cm³/mol. The second-order valence-corrected chi connectivity index (χ2v) is 6.27. The Bertz CT molecular complexity index is 1030. The van der Waals surface area contributed by atoms with Crippen molar-refractivity contribution in [2.45, 2.75) is 6.92 Å². The molecule has 0 saturated carbocycles. The van der Waals surface area contributed by atoms with E-state index in [1.807, 2.05) is 37.6 Å². The topological polar surface area (TPSA) is 77.1 Å². The molecule has 120 valence electrons. The van der Waals surface area contributed by atoms with Gasteiger partial charge in [0, 0.05) is 13.2 Å². The molecule has 1 N–H and O–H groups in total. The minimum atomic E-state index is -0.253. The SMILES string of the molecule is Cc1c(NC(=O)c2cnn3c(-c4cccs4)ccnc23)cnn1C. The third-order valence-electron chi connectivity index (χ3n) is 3.90. The zero-order valence-corrected chi connectivity index (χ0v) is 13.9. The molecule has 4 aromatic heterocycles. The Kier molecular flexibility index (Phi) is 3.39. The Hall–Kier alpha value is -3.00. The van der Waals surface area contributed by atoms with Crippen LogP contribution in [0.15, 0.2) is 42.2 Å². The Morgan fingerprint density at radius 1 is 1.25 bits per heavy atom. The van der Waals surface area contributed by atoms with Crippen molar-refractivity contribution in [3.8, 4) is 10.6 Å². The van der Waals surface area contributed by atoms with Gasteiger partial charge in [0.05, 0.1) is 34.3 Å². The van der Waals surface area contributed by atoms with Crippen LogP contribution in [0.3, 0.4) is 0 Å². The summed E-state index contributed by atoms with van der Waals surface area (Å²) in [6.45, 7) is 1.89. The molecule has 4 rings (SSSR count). The number of nitrogens with zero attached hydrogens (tertiary/aromatic N) is 5. The van der Waals surface area contributed by atoms with Gasteiger partial charge in [-0.1, -0.05) is 6.07 Å². The van der Waals surface area contributed by atoms with Crippen LogP contribution in [0, 0.1) is 6.92 Å². The Balaban J connectivity index is 1.74. The summed E-state index contributed by atoms with van der Waals surface area (Å²) in [5.41, 5.74) is 3.42. The van der Waals surface area contributed by atoms with Gasteiger partial charge in [-0.3, -0.25) is 9.48 Å². The maximum absolute atomic E-state index is 12.6. The first-order valence-corrected chi connectivity index (χ1v) is 8.19. The Morgan fingerprint density at radius 2 is 2.12 bits per heavy atom. The third kappa shape index (κ3) is 2.28. The largest absolute Gasteiger partial charge is 0.319 e. The van der Waals surface area contributed by atoms with Gasteiger partial charge < -0.3 is 5.32 Å². The van der Waals surface area contributed by atoms with Crippen LogP contribution in [0.2, 0.25) is 0 Å².